The Hall–Kier alpha value is -2.83. The number of piperidine rings is 1. The third-order valence-electron chi connectivity index (χ3n) is 6.22. The van der Waals surface area contributed by atoms with E-state index in [2.05, 4.69) is 14.9 Å². The molecule has 4 aromatic rings. The highest BCUT2D eigenvalue weighted by Gasteiger charge is 2.31. The number of halogens is 1. The van der Waals surface area contributed by atoms with Crippen LogP contribution in [0.15, 0.2) is 54.9 Å². The van der Waals surface area contributed by atoms with Crippen LogP contribution in [0.25, 0.3) is 21.8 Å². The third-order valence-corrected chi connectivity index (χ3v) is 6.22. The van der Waals surface area contributed by atoms with Gasteiger partial charge in [-0.3, -0.25) is 4.90 Å². The van der Waals surface area contributed by atoms with E-state index in [1.807, 2.05) is 36.7 Å². The number of likely N-dealkylation sites (tertiary alicyclic amines) is 1. The second-order valence-corrected chi connectivity index (χ2v) is 8.19. The summed E-state index contributed by atoms with van der Waals surface area (Å²) in [6.45, 7) is 3.40. The van der Waals surface area contributed by atoms with Crippen molar-refractivity contribution in [3.8, 4) is 5.75 Å². The molecule has 5 nitrogen and oxygen atoms in total. The molecule has 2 atom stereocenters. The first-order valence-corrected chi connectivity index (χ1v) is 10.5. The molecule has 30 heavy (non-hydrogen) atoms. The number of nitrogens with one attached hydrogen (secondary N) is 2. The van der Waals surface area contributed by atoms with Crippen LogP contribution >= 0.6 is 0 Å². The summed E-state index contributed by atoms with van der Waals surface area (Å²) in [6, 6.07) is 12.8. The lowest BCUT2D eigenvalue weighted by molar-refractivity contribution is -0.0663. The minimum absolute atomic E-state index is 0.206. The Bertz CT molecular complexity index is 1160. The molecule has 2 aromatic carbocycles. The quantitative estimate of drug-likeness (QED) is 0.447. The molecular formula is C24H26FN3O2. The lowest BCUT2D eigenvalue weighted by Gasteiger charge is -2.38. The molecular weight excluding hydrogens is 381 g/mol. The summed E-state index contributed by atoms with van der Waals surface area (Å²) in [7, 11) is 0. The van der Waals surface area contributed by atoms with Crippen molar-refractivity contribution in [2.24, 2.45) is 0 Å². The Kier molecular flexibility index (Phi) is 4.97. The van der Waals surface area contributed by atoms with Gasteiger partial charge in [0.2, 0.25) is 0 Å². The number of hydrogen-bond donors (Lipinski definition) is 3. The smallest absolute Gasteiger partial charge is 0.178 e. The average molecular weight is 407 g/mol. The van der Waals surface area contributed by atoms with E-state index in [-0.39, 0.29) is 5.82 Å². The maximum atomic E-state index is 13.7. The first kappa shape index (κ1) is 19.2. The molecule has 3 N–H and O–H groups in total. The van der Waals surface area contributed by atoms with E-state index in [9.17, 15) is 9.50 Å². The van der Waals surface area contributed by atoms with E-state index in [4.69, 9.17) is 4.74 Å². The van der Waals surface area contributed by atoms with E-state index < -0.39 is 12.3 Å². The minimum Gasteiger partial charge on any atom is -0.472 e. The fraction of sp³-hybridized carbons (Fsp3) is 0.333. The van der Waals surface area contributed by atoms with Gasteiger partial charge in [0.1, 0.15) is 17.7 Å². The van der Waals surface area contributed by atoms with Crippen LogP contribution in [0.2, 0.25) is 0 Å². The van der Waals surface area contributed by atoms with Gasteiger partial charge in [-0.2, -0.15) is 0 Å². The van der Waals surface area contributed by atoms with Crippen molar-refractivity contribution in [2.45, 2.75) is 38.0 Å². The summed E-state index contributed by atoms with van der Waals surface area (Å²) < 4.78 is 20.0. The first-order chi connectivity index (χ1) is 14.6. The fourth-order valence-corrected chi connectivity index (χ4v) is 4.68. The zero-order valence-electron chi connectivity index (χ0n) is 16.9. The number of benzene rings is 2. The number of aliphatic hydroxyl groups excluding tert-OH is 1. The van der Waals surface area contributed by atoms with E-state index in [1.165, 1.54) is 11.6 Å². The predicted octanol–water partition coefficient (Wildman–Crippen LogP) is 4.75. The molecule has 3 heterocycles. The highest BCUT2D eigenvalue weighted by Crippen LogP contribution is 2.35. The van der Waals surface area contributed by atoms with Gasteiger partial charge in [-0.25, -0.2) is 4.39 Å². The number of fused-ring (bicyclic) bond motifs is 2. The van der Waals surface area contributed by atoms with Crippen molar-refractivity contribution < 1.29 is 14.2 Å². The summed E-state index contributed by atoms with van der Waals surface area (Å²) in [5.41, 5.74) is 3.16. The lowest BCUT2D eigenvalue weighted by Crippen LogP contribution is -2.49. The summed E-state index contributed by atoms with van der Waals surface area (Å²) in [5, 5.41) is 12.4. The zero-order valence-corrected chi connectivity index (χ0v) is 16.9. The SMILES string of the molecule is CC(O)C(Oc1cccc2[nH]ccc12)N1CCC(c2c[nH]c3ccc(F)cc23)CC1. The van der Waals surface area contributed by atoms with Gasteiger partial charge in [0.25, 0.3) is 0 Å². The van der Waals surface area contributed by atoms with Crippen LogP contribution in [0, 0.1) is 5.82 Å². The van der Waals surface area contributed by atoms with Gasteiger partial charge in [-0.1, -0.05) is 6.07 Å². The number of ether oxygens (including phenoxy) is 1. The highest BCUT2D eigenvalue weighted by atomic mass is 19.1. The second-order valence-electron chi connectivity index (χ2n) is 8.19. The molecule has 2 aromatic heterocycles. The van der Waals surface area contributed by atoms with Crippen LogP contribution in [-0.4, -0.2) is 45.4 Å². The number of rotatable bonds is 5. The van der Waals surface area contributed by atoms with Gasteiger partial charge < -0.3 is 19.8 Å². The Morgan fingerprint density at radius 3 is 2.67 bits per heavy atom. The molecule has 0 radical (unpaired) electrons. The van der Waals surface area contributed by atoms with Crippen LogP contribution in [0.1, 0.15) is 31.2 Å². The molecule has 0 saturated carbocycles. The number of nitrogens with zero attached hydrogens (tertiary/aromatic N) is 1. The summed E-state index contributed by atoms with van der Waals surface area (Å²) in [6.07, 6.45) is 4.74. The molecule has 1 fully saturated rings. The van der Waals surface area contributed by atoms with E-state index in [0.717, 1.165) is 53.5 Å². The second kappa shape index (κ2) is 7.78. The summed E-state index contributed by atoms with van der Waals surface area (Å²) in [5.74, 6) is 0.927. The molecule has 0 amide bonds. The molecule has 0 bridgehead atoms. The monoisotopic (exact) mass is 407 g/mol. The Morgan fingerprint density at radius 2 is 1.87 bits per heavy atom. The van der Waals surface area contributed by atoms with Crippen LogP contribution < -0.4 is 4.74 Å². The van der Waals surface area contributed by atoms with E-state index in [1.54, 1.807) is 19.1 Å². The fourth-order valence-electron chi connectivity index (χ4n) is 4.68. The highest BCUT2D eigenvalue weighted by molar-refractivity contribution is 5.85. The van der Waals surface area contributed by atoms with Crippen molar-refractivity contribution in [2.75, 3.05) is 13.1 Å². The molecule has 156 valence electrons. The van der Waals surface area contributed by atoms with Gasteiger partial charge in [0.05, 0.1) is 0 Å². The van der Waals surface area contributed by atoms with Gasteiger partial charge in [-0.05, 0) is 67.6 Å². The third kappa shape index (κ3) is 3.46. The number of aromatic amines is 2. The van der Waals surface area contributed by atoms with Gasteiger partial charge in [-0.15, -0.1) is 0 Å². The number of H-pyrrole nitrogens is 2. The molecule has 0 spiro atoms. The molecule has 0 aliphatic carbocycles. The Balaban J connectivity index is 1.32. The maximum absolute atomic E-state index is 13.7. The van der Waals surface area contributed by atoms with Crippen LogP contribution in [-0.2, 0) is 0 Å². The van der Waals surface area contributed by atoms with Crippen LogP contribution in [0.4, 0.5) is 4.39 Å². The number of aromatic nitrogens is 2. The van der Waals surface area contributed by atoms with Gasteiger partial charge >= 0.3 is 0 Å². The Morgan fingerprint density at radius 1 is 1.07 bits per heavy atom. The standard InChI is InChI=1S/C24H26FN3O2/c1-15(29)24(30-23-4-2-3-21-18(23)7-10-26-21)28-11-8-16(9-12-28)20-14-27-22-6-5-17(25)13-19(20)22/h2-7,10,13-16,24,26-27,29H,8-9,11-12H2,1H3. The normalized spacial score (nSPS) is 18.1. The van der Waals surface area contributed by atoms with Crippen molar-refractivity contribution in [3.63, 3.8) is 0 Å². The molecule has 1 aliphatic rings. The van der Waals surface area contributed by atoms with Crippen LogP contribution in [0.5, 0.6) is 5.75 Å². The molecule has 1 saturated heterocycles. The average Bonchev–Trinajstić information content (AvgIpc) is 3.39. The zero-order chi connectivity index (χ0) is 20.7. The van der Waals surface area contributed by atoms with Crippen molar-refractivity contribution in [1.82, 2.24) is 14.9 Å². The largest absolute Gasteiger partial charge is 0.472 e. The molecule has 6 heteroatoms. The summed E-state index contributed by atoms with van der Waals surface area (Å²) >= 11 is 0. The molecule has 1 aliphatic heterocycles. The maximum Gasteiger partial charge on any atom is 0.178 e. The van der Waals surface area contributed by atoms with Crippen molar-refractivity contribution >= 4 is 21.8 Å². The number of hydrogen-bond acceptors (Lipinski definition) is 3. The lowest BCUT2D eigenvalue weighted by atomic mass is 9.89. The van der Waals surface area contributed by atoms with E-state index in [0.29, 0.717) is 5.92 Å². The van der Waals surface area contributed by atoms with Gasteiger partial charge in [0.15, 0.2) is 6.23 Å². The van der Waals surface area contributed by atoms with E-state index >= 15 is 0 Å². The predicted molar refractivity (Wildman–Crippen MR) is 116 cm³/mol. The first-order valence-electron chi connectivity index (χ1n) is 10.5. The van der Waals surface area contributed by atoms with Crippen molar-refractivity contribution in [3.05, 3.63) is 66.2 Å². The van der Waals surface area contributed by atoms with Crippen molar-refractivity contribution in [1.29, 1.82) is 0 Å². The van der Waals surface area contributed by atoms with Gasteiger partial charge in [0, 0.05) is 47.3 Å². The molecule has 5 rings (SSSR count). The molecule has 2 unspecified atom stereocenters. The van der Waals surface area contributed by atoms with Crippen LogP contribution in [0.3, 0.4) is 0 Å². The summed E-state index contributed by atoms with van der Waals surface area (Å²) in [4.78, 5) is 8.67. The minimum atomic E-state index is -0.627. The Labute approximate surface area is 174 Å². The topological polar surface area (TPSA) is 64.3 Å². The number of aliphatic hydroxyl groups is 1.